The van der Waals surface area contributed by atoms with Crippen molar-refractivity contribution in [3.05, 3.63) is 0 Å². The average molecular weight is 228 g/mol. The lowest BCUT2D eigenvalue weighted by Gasteiger charge is -2.31. The molecule has 94 valence electrons. The van der Waals surface area contributed by atoms with Crippen LogP contribution < -0.4 is 16.4 Å². The molecule has 0 bridgehead atoms. The second-order valence-electron chi connectivity index (χ2n) is 3.94. The number of unbranched alkanes of at least 4 members (excludes halogenated alkanes) is 1. The van der Waals surface area contributed by atoms with E-state index in [0.29, 0.717) is 19.4 Å². The van der Waals surface area contributed by atoms with E-state index < -0.39 is 5.54 Å². The van der Waals surface area contributed by atoms with Gasteiger partial charge in [-0.2, -0.15) is 0 Å². The van der Waals surface area contributed by atoms with Crippen molar-refractivity contribution in [3.63, 3.8) is 0 Å². The minimum Gasteiger partial charge on any atom is -0.386 e. The molecule has 0 atom stereocenters. The van der Waals surface area contributed by atoms with E-state index in [2.05, 4.69) is 17.6 Å². The van der Waals surface area contributed by atoms with Crippen LogP contribution in [0.5, 0.6) is 0 Å². The van der Waals surface area contributed by atoms with Crippen LogP contribution in [-0.2, 0) is 0 Å². The minimum absolute atomic E-state index is 0.0168. The van der Waals surface area contributed by atoms with E-state index in [1.807, 2.05) is 13.8 Å². The zero-order valence-electron chi connectivity index (χ0n) is 10.5. The van der Waals surface area contributed by atoms with Crippen LogP contribution in [0.15, 0.2) is 0 Å². The molecule has 0 heterocycles. The van der Waals surface area contributed by atoms with Gasteiger partial charge in [0.2, 0.25) is 0 Å². The second-order valence-corrected chi connectivity index (χ2v) is 3.94. The molecule has 0 aromatic carbocycles. The molecule has 0 aliphatic carbocycles. The standard InChI is InChI=1S/C11H24N4O/c1-4-7-8-14-10(16)15-11(5-2,6-3)9(12)13/h4-8H2,1-3H3,(H3,12,13)(H2,14,15,16). The molecule has 5 N–H and O–H groups in total. The van der Waals surface area contributed by atoms with Gasteiger partial charge >= 0.3 is 6.03 Å². The van der Waals surface area contributed by atoms with E-state index in [0.717, 1.165) is 12.8 Å². The van der Waals surface area contributed by atoms with Gasteiger partial charge in [-0.3, -0.25) is 5.41 Å². The SMILES string of the molecule is CCCCNC(=O)NC(CC)(CC)C(=N)N. The van der Waals surface area contributed by atoms with Crippen molar-refractivity contribution in [2.24, 2.45) is 5.73 Å². The number of amides is 2. The molecular formula is C11H24N4O. The summed E-state index contributed by atoms with van der Waals surface area (Å²) >= 11 is 0. The first-order valence-electron chi connectivity index (χ1n) is 5.92. The third-order valence-corrected chi connectivity index (χ3v) is 2.89. The summed E-state index contributed by atoms with van der Waals surface area (Å²) in [6.07, 6.45) is 3.25. The molecule has 0 fully saturated rings. The number of carbonyl (C=O) groups excluding carboxylic acids is 1. The van der Waals surface area contributed by atoms with Crippen molar-refractivity contribution in [2.75, 3.05) is 6.54 Å². The maximum atomic E-state index is 11.6. The summed E-state index contributed by atoms with van der Waals surface area (Å²) in [5.74, 6) is 0.0168. The highest BCUT2D eigenvalue weighted by Gasteiger charge is 2.31. The number of nitrogens with one attached hydrogen (secondary N) is 3. The Kier molecular flexibility index (Phi) is 6.53. The van der Waals surface area contributed by atoms with E-state index in [1.165, 1.54) is 0 Å². The summed E-state index contributed by atoms with van der Waals surface area (Å²) in [4.78, 5) is 11.6. The molecule has 0 saturated heterocycles. The van der Waals surface area contributed by atoms with E-state index >= 15 is 0 Å². The van der Waals surface area contributed by atoms with Crippen molar-refractivity contribution in [1.29, 1.82) is 5.41 Å². The predicted molar refractivity (Wildman–Crippen MR) is 66.7 cm³/mol. The zero-order chi connectivity index (χ0) is 12.6. The van der Waals surface area contributed by atoms with Gasteiger partial charge in [0, 0.05) is 6.54 Å². The fourth-order valence-corrected chi connectivity index (χ4v) is 1.52. The molecule has 2 amide bonds. The topological polar surface area (TPSA) is 91.0 Å². The third kappa shape index (κ3) is 4.08. The molecule has 0 rings (SSSR count). The van der Waals surface area contributed by atoms with Gasteiger partial charge in [0.1, 0.15) is 5.84 Å². The van der Waals surface area contributed by atoms with Gasteiger partial charge in [-0.15, -0.1) is 0 Å². The lowest BCUT2D eigenvalue weighted by Crippen LogP contribution is -2.58. The Hall–Kier alpha value is -1.26. The lowest BCUT2D eigenvalue weighted by atomic mass is 9.92. The molecule has 0 aliphatic rings. The highest BCUT2D eigenvalue weighted by atomic mass is 16.2. The van der Waals surface area contributed by atoms with Gasteiger partial charge in [0.25, 0.3) is 0 Å². The quantitative estimate of drug-likeness (QED) is 0.303. The fourth-order valence-electron chi connectivity index (χ4n) is 1.52. The second kappa shape index (κ2) is 7.09. The van der Waals surface area contributed by atoms with Crippen LogP contribution in [-0.4, -0.2) is 24.0 Å². The van der Waals surface area contributed by atoms with Crippen molar-refractivity contribution >= 4 is 11.9 Å². The van der Waals surface area contributed by atoms with Crippen LogP contribution in [0, 0.1) is 5.41 Å². The number of amidine groups is 1. The number of hydrogen-bond donors (Lipinski definition) is 4. The minimum atomic E-state index is -0.698. The first-order valence-corrected chi connectivity index (χ1v) is 5.92. The van der Waals surface area contributed by atoms with Crippen LogP contribution in [0.25, 0.3) is 0 Å². The molecule has 0 aromatic rings. The number of urea groups is 1. The largest absolute Gasteiger partial charge is 0.386 e. The average Bonchev–Trinajstić information content (AvgIpc) is 2.26. The molecule has 5 heteroatoms. The molecule has 0 unspecified atom stereocenters. The van der Waals surface area contributed by atoms with Crippen molar-refractivity contribution in [3.8, 4) is 0 Å². The zero-order valence-corrected chi connectivity index (χ0v) is 10.5. The number of carbonyl (C=O) groups is 1. The highest BCUT2D eigenvalue weighted by Crippen LogP contribution is 2.14. The first-order chi connectivity index (χ1) is 7.52. The van der Waals surface area contributed by atoms with Crippen LogP contribution in [0.4, 0.5) is 4.79 Å². The lowest BCUT2D eigenvalue weighted by molar-refractivity contribution is 0.231. The van der Waals surface area contributed by atoms with Crippen molar-refractivity contribution in [2.45, 2.75) is 52.0 Å². The van der Waals surface area contributed by atoms with E-state index in [-0.39, 0.29) is 11.9 Å². The van der Waals surface area contributed by atoms with E-state index in [1.54, 1.807) is 0 Å². The first kappa shape index (κ1) is 14.7. The van der Waals surface area contributed by atoms with Gasteiger partial charge in [0.15, 0.2) is 0 Å². The molecule has 0 radical (unpaired) electrons. The Bertz CT molecular complexity index is 236. The molecule has 0 spiro atoms. The van der Waals surface area contributed by atoms with Gasteiger partial charge < -0.3 is 16.4 Å². The maximum Gasteiger partial charge on any atom is 0.315 e. The molecular weight excluding hydrogens is 204 g/mol. The van der Waals surface area contributed by atoms with Crippen LogP contribution in [0.3, 0.4) is 0 Å². The van der Waals surface area contributed by atoms with Crippen molar-refractivity contribution < 1.29 is 4.79 Å². The summed E-state index contributed by atoms with van der Waals surface area (Å²) in [5.41, 5.74) is 4.84. The monoisotopic (exact) mass is 228 g/mol. The number of rotatable bonds is 7. The van der Waals surface area contributed by atoms with Gasteiger partial charge in [-0.1, -0.05) is 27.2 Å². The number of hydrogen-bond acceptors (Lipinski definition) is 2. The summed E-state index contributed by atoms with van der Waals surface area (Å²) < 4.78 is 0. The van der Waals surface area contributed by atoms with Gasteiger partial charge in [0.05, 0.1) is 5.54 Å². The Morgan fingerprint density at radius 2 is 1.88 bits per heavy atom. The third-order valence-electron chi connectivity index (χ3n) is 2.89. The van der Waals surface area contributed by atoms with Gasteiger partial charge in [-0.05, 0) is 19.3 Å². The molecule has 5 nitrogen and oxygen atoms in total. The Labute approximate surface area is 97.7 Å². The molecule has 0 saturated carbocycles. The normalized spacial score (nSPS) is 10.9. The molecule has 16 heavy (non-hydrogen) atoms. The van der Waals surface area contributed by atoms with Crippen LogP contribution in [0.2, 0.25) is 0 Å². The van der Waals surface area contributed by atoms with E-state index in [9.17, 15) is 4.79 Å². The smallest absolute Gasteiger partial charge is 0.315 e. The summed E-state index contributed by atoms with van der Waals surface area (Å²) in [6.45, 7) is 6.55. The fraction of sp³-hybridized carbons (Fsp3) is 0.818. The van der Waals surface area contributed by atoms with Crippen LogP contribution in [0.1, 0.15) is 46.5 Å². The van der Waals surface area contributed by atoms with E-state index in [4.69, 9.17) is 11.1 Å². The van der Waals surface area contributed by atoms with Gasteiger partial charge in [-0.25, -0.2) is 4.79 Å². The number of nitrogens with two attached hydrogens (primary N) is 1. The summed E-state index contributed by atoms with van der Waals surface area (Å²) in [7, 11) is 0. The predicted octanol–water partition coefficient (Wildman–Crippen LogP) is 1.58. The van der Waals surface area contributed by atoms with Crippen LogP contribution >= 0.6 is 0 Å². The maximum absolute atomic E-state index is 11.6. The highest BCUT2D eigenvalue weighted by molar-refractivity contribution is 5.91. The Morgan fingerprint density at radius 1 is 1.31 bits per heavy atom. The Balaban J connectivity index is 4.29. The summed E-state index contributed by atoms with van der Waals surface area (Å²) in [5, 5.41) is 13.1. The van der Waals surface area contributed by atoms with Crippen molar-refractivity contribution in [1.82, 2.24) is 10.6 Å². The Morgan fingerprint density at radius 3 is 2.25 bits per heavy atom. The summed E-state index contributed by atoms with van der Waals surface area (Å²) in [6, 6.07) is -0.243. The molecule has 0 aliphatic heterocycles. The molecule has 0 aromatic heterocycles.